The van der Waals surface area contributed by atoms with Crippen LogP contribution in [0.15, 0.2) is 0 Å². The van der Waals surface area contributed by atoms with Gasteiger partial charge in [-0.25, -0.2) is 9.59 Å². The zero-order valence-corrected chi connectivity index (χ0v) is 11.1. The summed E-state index contributed by atoms with van der Waals surface area (Å²) in [5.41, 5.74) is -0.545. The summed E-state index contributed by atoms with van der Waals surface area (Å²) in [6, 6.07) is -1.29. The minimum Gasteiger partial charge on any atom is -0.480 e. The maximum absolute atomic E-state index is 11.9. The summed E-state index contributed by atoms with van der Waals surface area (Å²) in [5.74, 6) is -1.03. The zero-order valence-electron chi connectivity index (χ0n) is 11.1. The number of carboxylic acid groups (broad SMARTS) is 1. The molecule has 1 aliphatic heterocycles. The molecule has 0 spiro atoms. The highest BCUT2D eigenvalue weighted by Crippen LogP contribution is 2.20. The lowest BCUT2D eigenvalue weighted by Crippen LogP contribution is -2.54. The number of aliphatic carboxylic acids is 1. The number of nitrogens with one attached hydrogen (secondary N) is 1. The molecule has 1 saturated heterocycles. The molecule has 0 saturated carbocycles. The highest BCUT2D eigenvalue weighted by atomic mass is 16.4. The monoisotopic (exact) mass is 258 g/mol. The van der Waals surface area contributed by atoms with Crippen LogP contribution in [0.2, 0.25) is 0 Å². The molecule has 0 radical (unpaired) electrons. The van der Waals surface area contributed by atoms with E-state index < -0.39 is 17.4 Å². The smallest absolute Gasteiger partial charge is 0.326 e. The first-order valence-corrected chi connectivity index (χ1v) is 6.18. The Hall–Kier alpha value is -1.30. The van der Waals surface area contributed by atoms with Crippen molar-refractivity contribution in [3.05, 3.63) is 0 Å². The maximum Gasteiger partial charge on any atom is 0.326 e. The molecule has 1 heterocycles. The van der Waals surface area contributed by atoms with E-state index in [2.05, 4.69) is 5.32 Å². The fourth-order valence-corrected chi connectivity index (χ4v) is 1.93. The van der Waals surface area contributed by atoms with Crippen molar-refractivity contribution in [3.8, 4) is 0 Å². The van der Waals surface area contributed by atoms with E-state index in [1.807, 2.05) is 0 Å². The Morgan fingerprint density at radius 3 is 2.17 bits per heavy atom. The lowest BCUT2D eigenvalue weighted by molar-refractivity contribution is -0.142. The standard InChI is InChI=1S/C12H22N2O4/c1-12(2,3)9(10(16)17)13-11(18)14-6-4-8(15)5-7-14/h8-9,15H,4-7H2,1-3H3,(H,13,18)(H,16,17). The van der Waals surface area contributed by atoms with E-state index in [0.29, 0.717) is 25.9 Å². The second-order valence-corrected chi connectivity index (χ2v) is 5.80. The number of hydrogen-bond donors (Lipinski definition) is 3. The van der Waals surface area contributed by atoms with Crippen LogP contribution in [0, 0.1) is 5.41 Å². The number of nitrogens with zero attached hydrogens (tertiary/aromatic N) is 1. The van der Waals surface area contributed by atoms with Gasteiger partial charge in [0.05, 0.1) is 6.10 Å². The van der Waals surface area contributed by atoms with E-state index in [1.165, 1.54) is 0 Å². The molecular weight excluding hydrogens is 236 g/mol. The number of piperidine rings is 1. The molecule has 1 rings (SSSR count). The van der Waals surface area contributed by atoms with E-state index in [1.54, 1.807) is 25.7 Å². The SMILES string of the molecule is CC(C)(C)C(NC(=O)N1CCC(O)CC1)C(=O)O. The lowest BCUT2D eigenvalue weighted by Gasteiger charge is -2.33. The van der Waals surface area contributed by atoms with E-state index in [4.69, 9.17) is 5.11 Å². The molecule has 0 aromatic carbocycles. The van der Waals surface area contributed by atoms with E-state index >= 15 is 0 Å². The van der Waals surface area contributed by atoms with Crippen molar-refractivity contribution < 1.29 is 19.8 Å². The third-order valence-corrected chi connectivity index (χ3v) is 3.13. The van der Waals surface area contributed by atoms with Crippen molar-refractivity contribution in [1.29, 1.82) is 0 Å². The van der Waals surface area contributed by atoms with Crippen LogP contribution in [0.25, 0.3) is 0 Å². The van der Waals surface area contributed by atoms with Crippen molar-refractivity contribution in [2.24, 2.45) is 5.41 Å². The van der Waals surface area contributed by atoms with Gasteiger partial charge in [0.25, 0.3) is 0 Å². The van der Waals surface area contributed by atoms with Gasteiger partial charge in [0.2, 0.25) is 0 Å². The predicted octanol–water partition coefficient (Wildman–Crippen LogP) is 0.652. The number of likely N-dealkylation sites (tertiary alicyclic amines) is 1. The van der Waals surface area contributed by atoms with E-state index in [-0.39, 0.29) is 12.1 Å². The van der Waals surface area contributed by atoms with Crippen LogP contribution in [0.1, 0.15) is 33.6 Å². The molecule has 3 N–H and O–H groups in total. The minimum absolute atomic E-state index is 0.355. The van der Waals surface area contributed by atoms with Crippen LogP contribution in [0.5, 0.6) is 0 Å². The Balaban J connectivity index is 2.59. The molecule has 0 aromatic rings. The third-order valence-electron chi connectivity index (χ3n) is 3.13. The summed E-state index contributed by atoms with van der Waals surface area (Å²) >= 11 is 0. The molecule has 0 bridgehead atoms. The first kappa shape index (κ1) is 14.8. The quantitative estimate of drug-likeness (QED) is 0.678. The molecule has 0 aromatic heterocycles. The first-order chi connectivity index (χ1) is 8.21. The fraction of sp³-hybridized carbons (Fsp3) is 0.833. The average molecular weight is 258 g/mol. The highest BCUT2D eigenvalue weighted by molar-refractivity contribution is 5.83. The molecule has 1 aliphatic rings. The second-order valence-electron chi connectivity index (χ2n) is 5.80. The van der Waals surface area contributed by atoms with Gasteiger partial charge in [-0.15, -0.1) is 0 Å². The molecule has 2 amide bonds. The summed E-state index contributed by atoms with van der Waals surface area (Å²) < 4.78 is 0. The number of carbonyl (C=O) groups excluding carboxylic acids is 1. The van der Waals surface area contributed by atoms with Gasteiger partial charge in [-0.1, -0.05) is 20.8 Å². The van der Waals surface area contributed by atoms with Gasteiger partial charge in [0.15, 0.2) is 0 Å². The van der Waals surface area contributed by atoms with Crippen molar-refractivity contribution in [2.45, 2.75) is 45.8 Å². The summed E-state index contributed by atoms with van der Waals surface area (Å²) in [4.78, 5) is 24.6. The third kappa shape index (κ3) is 3.87. The van der Waals surface area contributed by atoms with Gasteiger partial charge in [-0.3, -0.25) is 0 Å². The fourth-order valence-electron chi connectivity index (χ4n) is 1.93. The normalized spacial score (nSPS) is 19.4. The first-order valence-electron chi connectivity index (χ1n) is 6.18. The van der Waals surface area contributed by atoms with Gasteiger partial charge in [0.1, 0.15) is 6.04 Å². The van der Waals surface area contributed by atoms with Crippen molar-refractivity contribution in [2.75, 3.05) is 13.1 Å². The van der Waals surface area contributed by atoms with Crippen LogP contribution in [0.4, 0.5) is 4.79 Å². The van der Waals surface area contributed by atoms with E-state index in [9.17, 15) is 14.7 Å². The van der Waals surface area contributed by atoms with Crippen LogP contribution in [0.3, 0.4) is 0 Å². The Morgan fingerprint density at radius 1 is 1.28 bits per heavy atom. The van der Waals surface area contributed by atoms with Crippen LogP contribution in [-0.2, 0) is 4.79 Å². The van der Waals surface area contributed by atoms with Gasteiger partial charge >= 0.3 is 12.0 Å². The number of rotatable bonds is 2. The molecule has 1 unspecified atom stereocenters. The Morgan fingerprint density at radius 2 is 1.78 bits per heavy atom. The molecule has 104 valence electrons. The molecule has 0 aliphatic carbocycles. The van der Waals surface area contributed by atoms with Crippen molar-refractivity contribution in [1.82, 2.24) is 10.2 Å². The van der Waals surface area contributed by atoms with Crippen molar-refractivity contribution in [3.63, 3.8) is 0 Å². The minimum atomic E-state index is -1.03. The summed E-state index contributed by atoms with van der Waals surface area (Å²) in [7, 11) is 0. The number of urea groups is 1. The van der Waals surface area contributed by atoms with Crippen LogP contribution < -0.4 is 5.32 Å². The Bertz CT molecular complexity index is 317. The number of amides is 2. The molecule has 6 heteroatoms. The van der Waals surface area contributed by atoms with Crippen LogP contribution >= 0.6 is 0 Å². The second kappa shape index (κ2) is 5.56. The highest BCUT2D eigenvalue weighted by Gasteiger charge is 2.34. The van der Waals surface area contributed by atoms with Gasteiger partial charge in [0, 0.05) is 13.1 Å². The number of carboxylic acids is 1. The average Bonchev–Trinajstić information content (AvgIpc) is 2.24. The summed E-state index contributed by atoms with van der Waals surface area (Å²) in [6.45, 7) is 6.23. The molecule has 18 heavy (non-hydrogen) atoms. The Kier molecular flexibility index (Phi) is 4.56. The largest absolute Gasteiger partial charge is 0.480 e. The molecule has 6 nitrogen and oxygen atoms in total. The lowest BCUT2D eigenvalue weighted by atomic mass is 9.87. The summed E-state index contributed by atoms with van der Waals surface area (Å²) in [6.07, 6.45) is 0.730. The summed E-state index contributed by atoms with van der Waals surface area (Å²) in [5, 5.41) is 21.0. The topological polar surface area (TPSA) is 89.9 Å². The number of carbonyl (C=O) groups is 2. The number of hydrogen-bond acceptors (Lipinski definition) is 3. The van der Waals surface area contributed by atoms with Crippen molar-refractivity contribution >= 4 is 12.0 Å². The van der Waals surface area contributed by atoms with Crippen LogP contribution in [-0.4, -0.2) is 52.3 Å². The Labute approximate surface area is 107 Å². The maximum atomic E-state index is 11.9. The molecule has 1 atom stereocenters. The van der Waals surface area contributed by atoms with Gasteiger partial charge < -0.3 is 20.4 Å². The predicted molar refractivity (Wildman–Crippen MR) is 66.2 cm³/mol. The van der Waals surface area contributed by atoms with E-state index in [0.717, 1.165) is 0 Å². The zero-order chi connectivity index (χ0) is 13.9. The van der Waals surface area contributed by atoms with Gasteiger partial charge in [-0.2, -0.15) is 0 Å². The number of aliphatic hydroxyl groups excluding tert-OH is 1. The van der Waals surface area contributed by atoms with Gasteiger partial charge in [-0.05, 0) is 18.3 Å². The number of aliphatic hydroxyl groups is 1. The molecule has 1 fully saturated rings. The molecular formula is C12H22N2O4.